The molecule has 0 radical (unpaired) electrons. The second-order valence-electron chi connectivity index (χ2n) is 9.25. The zero-order chi connectivity index (χ0) is 28.5. The number of carbonyl (C=O) groups excluding carboxylic acids is 1. The van der Waals surface area contributed by atoms with Gasteiger partial charge < -0.3 is 20.1 Å². The topological polar surface area (TPSA) is 117 Å². The molecular formula is C29H31FN4O4S2. The van der Waals surface area contributed by atoms with E-state index in [1.54, 1.807) is 36.7 Å². The molecule has 0 saturated carbocycles. The summed E-state index contributed by atoms with van der Waals surface area (Å²) in [4.78, 5) is 37.2. The number of carboxylic acid groups (broad SMARTS) is 1. The molecule has 8 nitrogen and oxygen atoms in total. The fourth-order valence-corrected chi connectivity index (χ4v) is 5.44. The molecule has 0 fully saturated rings. The minimum atomic E-state index is -1.08. The third-order valence-electron chi connectivity index (χ3n) is 6.40. The van der Waals surface area contributed by atoms with Crippen LogP contribution in [0.15, 0.2) is 60.2 Å². The highest BCUT2D eigenvalue weighted by molar-refractivity contribution is 7.98. The van der Waals surface area contributed by atoms with E-state index in [4.69, 9.17) is 4.74 Å². The second kappa shape index (κ2) is 14.1. The van der Waals surface area contributed by atoms with Crippen LogP contribution in [0.5, 0.6) is 5.75 Å². The van der Waals surface area contributed by atoms with E-state index in [-0.39, 0.29) is 18.3 Å². The molecule has 0 bridgehead atoms. The standard InChI is InChI=1S/C29H31FN4O4S2/c1-18-32-16-26(33-18)24(28-31-12-14-40-28)17-38-22-10-7-20(6-3-19-4-8-21(30)9-5-19)23(15-22)27(35)34-25(29(36)37)11-13-39-2/h4-5,7-10,12,14-16,24-25H,3,6,11,13,17H2,1-2H3,(H,32,33)(H,34,35)(H,36,37)/t24?,25-/m0/s1. The van der Waals surface area contributed by atoms with Crippen molar-refractivity contribution in [2.24, 2.45) is 0 Å². The minimum absolute atomic E-state index is 0.181. The monoisotopic (exact) mass is 582 g/mol. The van der Waals surface area contributed by atoms with Gasteiger partial charge >= 0.3 is 5.97 Å². The average molecular weight is 583 g/mol. The number of aliphatic carboxylic acids is 1. The molecule has 11 heteroatoms. The number of nitrogens with zero attached hydrogens (tertiary/aromatic N) is 2. The van der Waals surface area contributed by atoms with E-state index in [0.29, 0.717) is 36.3 Å². The summed E-state index contributed by atoms with van der Waals surface area (Å²) in [5.41, 5.74) is 2.89. The Bertz CT molecular complexity index is 1410. The van der Waals surface area contributed by atoms with Gasteiger partial charge in [-0.3, -0.25) is 4.79 Å². The molecule has 210 valence electrons. The van der Waals surface area contributed by atoms with Crippen molar-refractivity contribution >= 4 is 35.0 Å². The number of thiazole rings is 1. The lowest BCUT2D eigenvalue weighted by Gasteiger charge is -2.18. The molecule has 0 aliphatic carbocycles. The first-order valence-corrected chi connectivity index (χ1v) is 15.0. The quantitative estimate of drug-likeness (QED) is 0.186. The molecule has 0 aliphatic rings. The number of amides is 1. The van der Waals surface area contributed by atoms with E-state index in [2.05, 4.69) is 20.3 Å². The molecular weight excluding hydrogens is 551 g/mol. The summed E-state index contributed by atoms with van der Waals surface area (Å²) in [7, 11) is 0. The number of carbonyl (C=O) groups is 2. The fraction of sp³-hybridized carbons (Fsp3) is 0.310. The van der Waals surface area contributed by atoms with Crippen LogP contribution in [0.1, 0.15) is 50.3 Å². The van der Waals surface area contributed by atoms with Gasteiger partial charge in [-0.15, -0.1) is 11.3 Å². The van der Waals surface area contributed by atoms with Crippen LogP contribution in [-0.2, 0) is 17.6 Å². The summed E-state index contributed by atoms with van der Waals surface area (Å²) in [5, 5.41) is 15.1. The Morgan fingerprint density at radius 3 is 2.62 bits per heavy atom. The Hall–Kier alpha value is -3.70. The van der Waals surface area contributed by atoms with Crippen molar-refractivity contribution in [2.75, 3.05) is 18.6 Å². The lowest BCUT2D eigenvalue weighted by Crippen LogP contribution is -2.41. The maximum Gasteiger partial charge on any atom is 0.326 e. The highest BCUT2D eigenvalue weighted by Gasteiger charge is 2.23. The van der Waals surface area contributed by atoms with E-state index in [1.165, 1.54) is 35.2 Å². The average Bonchev–Trinajstić information content (AvgIpc) is 3.63. The molecule has 4 aromatic rings. The van der Waals surface area contributed by atoms with Gasteiger partial charge in [-0.05, 0) is 73.6 Å². The first-order valence-electron chi connectivity index (χ1n) is 12.8. The number of aromatic amines is 1. The van der Waals surface area contributed by atoms with Gasteiger partial charge in [0.2, 0.25) is 0 Å². The summed E-state index contributed by atoms with van der Waals surface area (Å²) < 4.78 is 19.5. The number of aromatic nitrogens is 3. The smallest absolute Gasteiger partial charge is 0.326 e. The molecule has 0 saturated heterocycles. The number of aryl methyl sites for hydroxylation is 3. The molecule has 2 atom stereocenters. The summed E-state index contributed by atoms with van der Waals surface area (Å²) in [5.74, 6) is -0.183. The number of benzene rings is 2. The van der Waals surface area contributed by atoms with Crippen LogP contribution in [0.25, 0.3) is 0 Å². The molecule has 0 aliphatic heterocycles. The maximum atomic E-state index is 13.4. The van der Waals surface area contributed by atoms with Gasteiger partial charge in [-0.25, -0.2) is 19.2 Å². The van der Waals surface area contributed by atoms with Crippen LogP contribution in [0.3, 0.4) is 0 Å². The third-order valence-corrected chi connectivity index (χ3v) is 7.93. The van der Waals surface area contributed by atoms with Gasteiger partial charge in [0.15, 0.2) is 0 Å². The van der Waals surface area contributed by atoms with Crippen LogP contribution >= 0.6 is 23.1 Å². The Kier molecular flexibility index (Phi) is 10.3. The normalized spacial score (nSPS) is 12.6. The largest absolute Gasteiger partial charge is 0.492 e. The van der Waals surface area contributed by atoms with Crippen LogP contribution in [0, 0.1) is 12.7 Å². The van der Waals surface area contributed by atoms with Crippen molar-refractivity contribution in [3.05, 3.63) is 99.3 Å². The molecule has 40 heavy (non-hydrogen) atoms. The number of H-pyrrole nitrogens is 1. The number of imidazole rings is 1. The van der Waals surface area contributed by atoms with Crippen molar-refractivity contribution in [2.45, 2.75) is 38.1 Å². The molecule has 0 spiro atoms. The number of thioether (sulfide) groups is 1. The van der Waals surface area contributed by atoms with Gasteiger partial charge in [0.25, 0.3) is 5.91 Å². The highest BCUT2D eigenvalue weighted by Crippen LogP contribution is 2.28. The predicted molar refractivity (Wildman–Crippen MR) is 155 cm³/mol. The molecule has 2 aromatic heterocycles. The zero-order valence-electron chi connectivity index (χ0n) is 22.2. The molecule has 1 amide bonds. The Labute approximate surface area is 240 Å². The zero-order valence-corrected chi connectivity index (χ0v) is 23.9. The van der Waals surface area contributed by atoms with Crippen LogP contribution < -0.4 is 10.1 Å². The van der Waals surface area contributed by atoms with Gasteiger partial charge in [0, 0.05) is 29.0 Å². The van der Waals surface area contributed by atoms with E-state index in [9.17, 15) is 19.1 Å². The number of hydrogen-bond donors (Lipinski definition) is 3. The number of hydrogen-bond acceptors (Lipinski definition) is 7. The summed E-state index contributed by atoms with van der Waals surface area (Å²) in [6, 6.07) is 10.5. The minimum Gasteiger partial charge on any atom is -0.492 e. The lowest BCUT2D eigenvalue weighted by molar-refractivity contribution is -0.139. The van der Waals surface area contributed by atoms with Crippen LogP contribution in [0.4, 0.5) is 4.39 Å². The molecule has 2 aromatic carbocycles. The number of ether oxygens (including phenoxy) is 1. The Balaban J connectivity index is 1.57. The van der Waals surface area contributed by atoms with E-state index in [1.807, 2.05) is 24.6 Å². The van der Waals surface area contributed by atoms with Crippen LogP contribution in [-0.4, -0.2) is 56.6 Å². The van der Waals surface area contributed by atoms with E-state index in [0.717, 1.165) is 27.7 Å². The van der Waals surface area contributed by atoms with Gasteiger partial charge in [-0.1, -0.05) is 18.2 Å². The maximum absolute atomic E-state index is 13.4. The first-order chi connectivity index (χ1) is 19.3. The second-order valence-corrected chi connectivity index (χ2v) is 11.2. The Morgan fingerprint density at radius 2 is 1.98 bits per heavy atom. The fourth-order valence-electron chi connectivity index (χ4n) is 4.23. The Morgan fingerprint density at radius 1 is 1.18 bits per heavy atom. The highest BCUT2D eigenvalue weighted by atomic mass is 32.2. The van der Waals surface area contributed by atoms with Gasteiger partial charge in [0.05, 0.1) is 5.92 Å². The number of nitrogens with one attached hydrogen (secondary N) is 2. The van der Waals surface area contributed by atoms with Gasteiger partial charge in [0.1, 0.15) is 35.0 Å². The summed E-state index contributed by atoms with van der Waals surface area (Å²) >= 11 is 3.04. The van der Waals surface area contributed by atoms with Crippen molar-refractivity contribution in [3.63, 3.8) is 0 Å². The summed E-state index contributed by atoms with van der Waals surface area (Å²) in [6.07, 6.45) is 6.79. The molecule has 3 N–H and O–H groups in total. The summed E-state index contributed by atoms with van der Waals surface area (Å²) in [6.45, 7) is 2.14. The number of halogens is 1. The molecule has 1 unspecified atom stereocenters. The first kappa shape index (κ1) is 29.3. The van der Waals surface area contributed by atoms with E-state index >= 15 is 0 Å². The number of carboxylic acids is 1. The van der Waals surface area contributed by atoms with E-state index < -0.39 is 17.9 Å². The predicted octanol–water partition coefficient (Wildman–Crippen LogP) is 5.25. The number of rotatable bonds is 14. The van der Waals surface area contributed by atoms with Crippen molar-refractivity contribution in [1.29, 1.82) is 0 Å². The SMILES string of the molecule is CSCC[C@H](NC(=O)c1cc(OCC(c2cnc(C)[nH]2)c2nccs2)ccc1CCc1ccc(F)cc1)C(=O)O. The third kappa shape index (κ3) is 7.92. The van der Waals surface area contributed by atoms with Crippen LogP contribution in [0.2, 0.25) is 0 Å². The van der Waals surface area contributed by atoms with Crippen molar-refractivity contribution in [1.82, 2.24) is 20.3 Å². The van der Waals surface area contributed by atoms with Crippen molar-refractivity contribution < 1.29 is 23.8 Å². The van der Waals surface area contributed by atoms with Crippen molar-refractivity contribution in [3.8, 4) is 5.75 Å². The lowest BCUT2D eigenvalue weighted by atomic mass is 9.98. The molecule has 2 heterocycles. The van der Waals surface area contributed by atoms with Gasteiger partial charge in [-0.2, -0.15) is 11.8 Å². The molecule has 4 rings (SSSR count).